The molecule has 40 valence electrons. The molecule has 0 saturated heterocycles. The maximum Gasteiger partial charge on any atom is 0.302 e. The van der Waals surface area contributed by atoms with E-state index in [9.17, 15) is 4.79 Å². The summed E-state index contributed by atoms with van der Waals surface area (Å²) < 4.78 is 4.43. The Balaban J connectivity index is 2.82. The third kappa shape index (κ3) is 5.47. The number of rotatable bonds is 2. The van der Waals surface area contributed by atoms with Crippen LogP contribution in [0.15, 0.2) is 0 Å². The predicted octanol–water partition coefficient (Wildman–Crippen LogP) is 0.651. The summed E-state index contributed by atoms with van der Waals surface area (Å²) >= 11 is 0. The second-order valence-electron chi connectivity index (χ2n) is 1.13. The maximum atomic E-state index is 9.92. The Bertz CT molecular complexity index is 59.1. The fourth-order valence-electron chi connectivity index (χ4n) is 0.203. The first-order chi connectivity index (χ1) is 3.27. The summed E-state index contributed by atoms with van der Waals surface area (Å²) in [6.45, 7) is 6.69. The molecule has 0 aliphatic heterocycles. The van der Waals surface area contributed by atoms with Gasteiger partial charge in [0, 0.05) is 6.92 Å². The Morgan fingerprint density at radius 1 is 1.86 bits per heavy atom. The molecule has 0 rings (SSSR count). The molecular weight excluding hydrogens is 92.1 g/mol. The van der Waals surface area contributed by atoms with Gasteiger partial charge in [-0.15, -0.1) is 0 Å². The second kappa shape index (κ2) is 3.65. The number of ether oxygens (including phenoxy) is 1. The molecule has 0 aromatic carbocycles. The Morgan fingerprint density at radius 2 is 2.43 bits per heavy atom. The Morgan fingerprint density at radius 3 is 2.57 bits per heavy atom. The molecule has 0 fully saturated rings. The monoisotopic (exact) mass is 100 g/mol. The smallest absolute Gasteiger partial charge is 0.302 e. The molecule has 0 N–H and O–H groups in total. The van der Waals surface area contributed by atoms with Crippen LogP contribution in [0.25, 0.3) is 0 Å². The van der Waals surface area contributed by atoms with E-state index in [4.69, 9.17) is 6.92 Å². The fourth-order valence-corrected chi connectivity index (χ4v) is 0.203. The van der Waals surface area contributed by atoms with Crippen molar-refractivity contribution in [1.82, 2.24) is 0 Å². The van der Waals surface area contributed by atoms with Gasteiger partial charge in [0.1, 0.15) is 0 Å². The summed E-state index contributed by atoms with van der Waals surface area (Å²) in [5.74, 6) is -0.273. The first-order valence-corrected chi connectivity index (χ1v) is 2.11. The molecule has 0 bridgehead atoms. The van der Waals surface area contributed by atoms with Crippen LogP contribution in [0.2, 0.25) is 0 Å². The molecule has 0 heterocycles. The molecule has 2 radical (unpaired) electrons. The number of carbonyl (C=O) groups is 1. The van der Waals surface area contributed by atoms with E-state index in [1.165, 1.54) is 6.92 Å². The third-order valence-electron chi connectivity index (χ3n) is 0.423. The van der Waals surface area contributed by atoms with Gasteiger partial charge < -0.3 is 4.74 Å². The minimum atomic E-state index is -0.273. The van der Waals surface area contributed by atoms with Crippen molar-refractivity contribution < 1.29 is 9.53 Å². The van der Waals surface area contributed by atoms with Crippen molar-refractivity contribution >= 4 is 5.97 Å². The summed E-state index contributed by atoms with van der Waals surface area (Å²) in [6.07, 6.45) is 0.402. The normalized spacial score (nSPS) is 8.29. The molecule has 7 heavy (non-hydrogen) atoms. The quantitative estimate of drug-likeness (QED) is 0.476. The van der Waals surface area contributed by atoms with E-state index in [0.29, 0.717) is 13.0 Å². The van der Waals surface area contributed by atoms with Crippen LogP contribution in [0.5, 0.6) is 0 Å². The molecule has 0 aromatic rings. The van der Waals surface area contributed by atoms with Gasteiger partial charge in [0.25, 0.3) is 0 Å². The van der Waals surface area contributed by atoms with E-state index in [2.05, 4.69) is 4.74 Å². The highest BCUT2D eigenvalue weighted by molar-refractivity contribution is 5.65. The minimum absolute atomic E-state index is 0.273. The molecule has 0 spiro atoms. The standard InChI is InChI=1S/C5H8O2/c1-3-4-7-5(2)6/h1H,3-4H2,2H3. The average molecular weight is 100 g/mol. The van der Waals surface area contributed by atoms with E-state index in [0.717, 1.165) is 0 Å². The molecule has 0 aliphatic rings. The lowest BCUT2D eigenvalue weighted by Crippen LogP contribution is -1.98. The van der Waals surface area contributed by atoms with Crippen molar-refractivity contribution in [2.45, 2.75) is 13.3 Å². The maximum absolute atomic E-state index is 9.92. The Hall–Kier alpha value is -0.530. The topological polar surface area (TPSA) is 26.3 Å². The van der Waals surface area contributed by atoms with E-state index in [-0.39, 0.29) is 5.97 Å². The zero-order valence-electron chi connectivity index (χ0n) is 4.31. The number of hydrogen-bond donors (Lipinski definition) is 0. The van der Waals surface area contributed by atoms with Crippen LogP contribution in [0.3, 0.4) is 0 Å². The van der Waals surface area contributed by atoms with Gasteiger partial charge in [-0.1, -0.05) is 0 Å². The van der Waals surface area contributed by atoms with E-state index < -0.39 is 0 Å². The van der Waals surface area contributed by atoms with Gasteiger partial charge >= 0.3 is 5.97 Å². The zero-order valence-corrected chi connectivity index (χ0v) is 4.31. The first kappa shape index (κ1) is 6.47. The average Bonchev–Trinajstić information content (AvgIpc) is 1.61. The van der Waals surface area contributed by atoms with Gasteiger partial charge in [-0.2, -0.15) is 0 Å². The van der Waals surface area contributed by atoms with Crippen LogP contribution in [-0.4, -0.2) is 12.6 Å². The van der Waals surface area contributed by atoms with E-state index >= 15 is 0 Å². The largest absolute Gasteiger partial charge is 0.466 e. The highest BCUT2D eigenvalue weighted by Gasteiger charge is 1.85. The van der Waals surface area contributed by atoms with Crippen LogP contribution in [0, 0.1) is 6.92 Å². The Labute approximate surface area is 43.5 Å². The zero-order chi connectivity index (χ0) is 5.70. The molecule has 0 amide bonds. The lowest BCUT2D eigenvalue weighted by molar-refractivity contribution is -0.140. The summed E-state index contributed by atoms with van der Waals surface area (Å²) in [6, 6.07) is 0. The van der Waals surface area contributed by atoms with Gasteiger partial charge in [0.05, 0.1) is 6.61 Å². The third-order valence-corrected chi connectivity index (χ3v) is 0.423. The van der Waals surface area contributed by atoms with Gasteiger partial charge in [-0.3, -0.25) is 4.79 Å². The number of carbonyl (C=O) groups excluding carboxylic acids is 1. The SMILES string of the molecule is [CH]CCOC(C)=O. The molecule has 0 aliphatic carbocycles. The van der Waals surface area contributed by atoms with E-state index in [1.54, 1.807) is 0 Å². The molecule has 0 saturated carbocycles. The van der Waals surface area contributed by atoms with Crippen molar-refractivity contribution in [3.8, 4) is 0 Å². The van der Waals surface area contributed by atoms with Crippen LogP contribution >= 0.6 is 0 Å². The number of hydrogen-bond acceptors (Lipinski definition) is 2. The Kier molecular flexibility index (Phi) is 3.38. The second-order valence-corrected chi connectivity index (χ2v) is 1.13. The van der Waals surface area contributed by atoms with Crippen molar-refractivity contribution in [2.24, 2.45) is 0 Å². The van der Waals surface area contributed by atoms with Crippen LogP contribution in [-0.2, 0) is 9.53 Å². The molecule has 0 unspecified atom stereocenters. The van der Waals surface area contributed by atoms with Crippen molar-refractivity contribution in [1.29, 1.82) is 0 Å². The van der Waals surface area contributed by atoms with Crippen LogP contribution in [0.1, 0.15) is 13.3 Å². The van der Waals surface area contributed by atoms with Crippen molar-refractivity contribution in [2.75, 3.05) is 6.61 Å². The van der Waals surface area contributed by atoms with Crippen molar-refractivity contribution in [3.63, 3.8) is 0 Å². The highest BCUT2D eigenvalue weighted by atomic mass is 16.5. The minimum Gasteiger partial charge on any atom is -0.466 e. The van der Waals surface area contributed by atoms with Gasteiger partial charge in [-0.05, 0) is 13.3 Å². The van der Waals surface area contributed by atoms with E-state index in [1.807, 2.05) is 0 Å². The molecule has 0 atom stereocenters. The summed E-state index contributed by atoms with van der Waals surface area (Å²) in [5, 5.41) is 0. The van der Waals surface area contributed by atoms with Gasteiger partial charge in [0.15, 0.2) is 0 Å². The molecule has 2 nitrogen and oxygen atoms in total. The highest BCUT2D eigenvalue weighted by Crippen LogP contribution is 1.78. The fraction of sp³-hybridized carbons (Fsp3) is 0.600. The first-order valence-electron chi connectivity index (χ1n) is 2.11. The van der Waals surface area contributed by atoms with Crippen LogP contribution in [0.4, 0.5) is 0 Å². The van der Waals surface area contributed by atoms with Crippen LogP contribution < -0.4 is 0 Å². The molecular formula is C5H8O2. The summed E-state index contributed by atoms with van der Waals surface area (Å²) in [4.78, 5) is 9.92. The van der Waals surface area contributed by atoms with Gasteiger partial charge in [0.2, 0.25) is 0 Å². The van der Waals surface area contributed by atoms with Gasteiger partial charge in [-0.25, -0.2) is 0 Å². The molecule has 2 heteroatoms. The molecule has 0 aromatic heterocycles. The number of esters is 1. The summed E-state index contributed by atoms with van der Waals surface area (Å²) in [5.41, 5.74) is 0. The summed E-state index contributed by atoms with van der Waals surface area (Å²) in [7, 11) is 0. The predicted molar refractivity (Wildman–Crippen MR) is 25.5 cm³/mol. The lowest BCUT2D eigenvalue weighted by atomic mass is 10.5. The van der Waals surface area contributed by atoms with Crippen molar-refractivity contribution in [3.05, 3.63) is 6.92 Å². The lowest BCUT2D eigenvalue weighted by Gasteiger charge is -1.93.